The van der Waals surface area contributed by atoms with Crippen molar-refractivity contribution < 1.29 is 4.42 Å². The van der Waals surface area contributed by atoms with E-state index >= 15 is 0 Å². The second-order valence-corrected chi connectivity index (χ2v) is 15.0. The summed E-state index contributed by atoms with van der Waals surface area (Å²) in [5.41, 5.74) is 14.1. The summed E-state index contributed by atoms with van der Waals surface area (Å²) in [6, 6.07) is 48.3. The summed E-state index contributed by atoms with van der Waals surface area (Å²) in [5, 5.41) is 10.5. The van der Waals surface area contributed by atoms with Gasteiger partial charge in [-0.2, -0.15) is 0 Å². The van der Waals surface area contributed by atoms with E-state index in [0.29, 0.717) is 5.92 Å². The molecule has 0 bridgehead atoms. The molecule has 0 atom stereocenters. The lowest BCUT2D eigenvalue weighted by Crippen LogP contribution is -2.23. The molecule has 0 unspecified atom stereocenters. The maximum atomic E-state index is 6.15. The van der Waals surface area contributed by atoms with Crippen LogP contribution in [0, 0.1) is 5.92 Å². The molecule has 50 heavy (non-hydrogen) atoms. The van der Waals surface area contributed by atoms with Gasteiger partial charge in [-0.1, -0.05) is 125 Å². The number of hydrogen-bond acceptors (Lipinski definition) is 1. The lowest BCUT2D eigenvalue weighted by Gasteiger charge is -2.30. The second kappa shape index (κ2) is 10.8. The molecule has 0 spiro atoms. The van der Waals surface area contributed by atoms with E-state index < -0.39 is 0 Å². The number of hydrogen-bond donors (Lipinski definition) is 0. The largest absolute Gasteiger partial charge is 0.456 e. The van der Waals surface area contributed by atoms with Crippen LogP contribution < -0.4 is 0 Å². The third-order valence-corrected chi connectivity index (χ3v) is 11.9. The Hall–Kier alpha value is -5.40. The zero-order chi connectivity index (χ0) is 33.7. The fourth-order valence-electron chi connectivity index (χ4n) is 9.48. The molecule has 0 amide bonds. The first-order valence-corrected chi connectivity index (χ1v) is 18.4. The van der Waals surface area contributed by atoms with Crippen LogP contribution in [0.4, 0.5) is 0 Å². The van der Waals surface area contributed by atoms with E-state index in [1.807, 2.05) is 6.07 Å². The molecule has 10 rings (SSSR count). The van der Waals surface area contributed by atoms with E-state index in [0.717, 1.165) is 30.4 Å². The Kier molecular flexibility index (Phi) is 6.37. The minimum atomic E-state index is -0.0419. The molecule has 1 nitrogen and oxygen atoms in total. The van der Waals surface area contributed by atoms with Gasteiger partial charge in [-0.25, -0.2) is 0 Å². The van der Waals surface area contributed by atoms with Gasteiger partial charge in [0.1, 0.15) is 11.2 Å². The highest BCUT2D eigenvalue weighted by atomic mass is 16.3. The van der Waals surface area contributed by atoms with Crippen molar-refractivity contribution in [3.63, 3.8) is 0 Å². The summed E-state index contributed by atoms with van der Waals surface area (Å²) in [5.74, 6) is 0.637. The fourth-order valence-corrected chi connectivity index (χ4v) is 9.48. The average Bonchev–Trinajstić information content (AvgIpc) is 3.65. The molecule has 1 aliphatic rings. The van der Waals surface area contributed by atoms with Crippen LogP contribution in [0.5, 0.6) is 0 Å². The molecule has 0 saturated carbocycles. The SMILES string of the molecule is CCC1(CC)c2cc(-c3ccc4oc5ccccc5c4c3)ccc2-c2ccc(-c3ccc4ccc5cc(CC(C)C)cc6ccc3c4c56)cc21. The number of fused-ring (bicyclic) bond motifs is 6. The Morgan fingerprint density at radius 3 is 1.86 bits per heavy atom. The monoisotopic (exact) mass is 644 g/mol. The van der Waals surface area contributed by atoms with Gasteiger partial charge in [0.05, 0.1) is 0 Å². The van der Waals surface area contributed by atoms with Crippen molar-refractivity contribution in [3.05, 3.63) is 144 Å². The maximum Gasteiger partial charge on any atom is 0.135 e. The summed E-state index contributed by atoms with van der Waals surface area (Å²) in [7, 11) is 0. The van der Waals surface area contributed by atoms with Gasteiger partial charge in [0.15, 0.2) is 0 Å². The molecule has 1 heterocycles. The highest BCUT2D eigenvalue weighted by Crippen LogP contribution is 2.55. The van der Waals surface area contributed by atoms with Crippen molar-refractivity contribution in [2.24, 2.45) is 5.92 Å². The molecular formula is C49H40O. The first kappa shape index (κ1) is 29.5. The van der Waals surface area contributed by atoms with Crippen molar-refractivity contribution in [1.82, 2.24) is 0 Å². The van der Waals surface area contributed by atoms with Gasteiger partial charge >= 0.3 is 0 Å². The molecule has 1 heteroatoms. The van der Waals surface area contributed by atoms with Gasteiger partial charge in [0.2, 0.25) is 0 Å². The Morgan fingerprint density at radius 1 is 0.500 bits per heavy atom. The Labute approximate surface area is 293 Å². The molecule has 0 N–H and O–H groups in total. The Balaban J connectivity index is 1.11. The van der Waals surface area contributed by atoms with Crippen LogP contribution in [0.2, 0.25) is 0 Å². The standard InChI is InChI=1S/C49H40O/c1-5-49(6-2)43-27-33(32-17-22-46-42(26-32)40-9-7-8-10-45(40)50-46)14-19-38(43)39-20-15-34(28-44(39)49)37-18-13-31-11-12-35-24-30(23-29(3)4)25-36-16-21-41(37)48(31)47(35)36/h7-22,24-29H,5-6,23H2,1-4H3. The van der Waals surface area contributed by atoms with Crippen LogP contribution >= 0.6 is 0 Å². The van der Waals surface area contributed by atoms with Crippen molar-refractivity contribution in [3.8, 4) is 33.4 Å². The highest BCUT2D eigenvalue weighted by molar-refractivity contribution is 6.25. The molecule has 1 aliphatic carbocycles. The van der Waals surface area contributed by atoms with E-state index in [9.17, 15) is 0 Å². The molecule has 1 aromatic heterocycles. The highest BCUT2D eigenvalue weighted by Gasteiger charge is 2.41. The normalized spacial score (nSPS) is 13.8. The summed E-state index contributed by atoms with van der Waals surface area (Å²) in [4.78, 5) is 0. The summed E-state index contributed by atoms with van der Waals surface area (Å²) >= 11 is 0. The third kappa shape index (κ3) is 4.13. The number of benzene rings is 8. The minimum Gasteiger partial charge on any atom is -0.456 e. The van der Waals surface area contributed by atoms with Crippen LogP contribution in [0.25, 0.3) is 87.6 Å². The third-order valence-electron chi connectivity index (χ3n) is 11.9. The summed E-state index contributed by atoms with van der Waals surface area (Å²) in [6.07, 6.45) is 3.21. The van der Waals surface area contributed by atoms with Crippen molar-refractivity contribution in [2.45, 2.75) is 52.4 Å². The summed E-state index contributed by atoms with van der Waals surface area (Å²) in [6.45, 7) is 9.35. The topological polar surface area (TPSA) is 13.1 Å². The first-order chi connectivity index (χ1) is 24.5. The number of furan rings is 1. The quantitative estimate of drug-likeness (QED) is 0.164. The second-order valence-electron chi connectivity index (χ2n) is 15.0. The molecular weight excluding hydrogens is 605 g/mol. The molecule has 9 aromatic rings. The Morgan fingerprint density at radius 2 is 1.10 bits per heavy atom. The van der Waals surface area contributed by atoms with Gasteiger partial charge in [-0.15, -0.1) is 0 Å². The average molecular weight is 645 g/mol. The van der Waals surface area contributed by atoms with E-state index in [1.165, 1.54) is 93.2 Å². The van der Waals surface area contributed by atoms with E-state index in [-0.39, 0.29) is 5.41 Å². The predicted molar refractivity (Wildman–Crippen MR) is 214 cm³/mol. The summed E-state index contributed by atoms with van der Waals surface area (Å²) < 4.78 is 6.15. The molecule has 242 valence electrons. The van der Waals surface area contributed by atoms with E-state index in [2.05, 4.69) is 149 Å². The fraction of sp³-hybridized carbons (Fsp3) is 0.184. The molecule has 0 aliphatic heterocycles. The maximum absolute atomic E-state index is 6.15. The van der Waals surface area contributed by atoms with Crippen LogP contribution in [0.15, 0.2) is 132 Å². The number of rotatable bonds is 6. The van der Waals surface area contributed by atoms with Crippen molar-refractivity contribution in [1.29, 1.82) is 0 Å². The van der Waals surface area contributed by atoms with Gasteiger partial charge in [-0.3, -0.25) is 0 Å². The zero-order valence-corrected chi connectivity index (χ0v) is 29.2. The first-order valence-electron chi connectivity index (χ1n) is 18.4. The zero-order valence-electron chi connectivity index (χ0n) is 29.2. The smallest absolute Gasteiger partial charge is 0.135 e. The lowest BCUT2D eigenvalue weighted by molar-refractivity contribution is 0.491. The Bertz CT molecular complexity index is 2770. The molecule has 0 radical (unpaired) electrons. The van der Waals surface area contributed by atoms with Gasteiger partial charge in [0.25, 0.3) is 0 Å². The van der Waals surface area contributed by atoms with Crippen molar-refractivity contribution >= 4 is 54.3 Å². The molecule has 0 fully saturated rings. The van der Waals surface area contributed by atoms with E-state index in [4.69, 9.17) is 4.42 Å². The van der Waals surface area contributed by atoms with Gasteiger partial charge in [0, 0.05) is 16.2 Å². The van der Waals surface area contributed by atoms with Crippen molar-refractivity contribution in [2.75, 3.05) is 0 Å². The lowest BCUT2D eigenvalue weighted by atomic mass is 9.73. The number of para-hydroxylation sites is 1. The molecule has 8 aromatic carbocycles. The van der Waals surface area contributed by atoms with E-state index in [1.54, 1.807) is 0 Å². The van der Waals surface area contributed by atoms with Crippen LogP contribution in [0.1, 0.15) is 57.2 Å². The predicted octanol–water partition coefficient (Wildman–Crippen LogP) is 14.1. The molecule has 0 saturated heterocycles. The van der Waals surface area contributed by atoms with Gasteiger partial charge in [-0.05, 0) is 138 Å². The van der Waals surface area contributed by atoms with Crippen LogP contribution in [0.3, 0.4) is 0 Å². The van der Waals surface area contributed by atoms with Gasteiger partial charge < -0.3 is 4.42 Å². The van der Waals surface area contributed by atoms with Crippen LogP contribution in [-0.2, 0) is 11.8 Å². The minimum absolute atomic E-state index is 0.0419. The van der Waals surface area contributed by atoms with Crippen LogP contribution in [-0.4, -0.2) is 0 Å².